The maximum atomic E-state index is 12.9. The highest BCUT2D eigenvalue weighted by Gasteiger charge is 2.35. The molecule has 2 aromatic rings. The third kappa shape index (κ3) is 3.18. The minimum absolute atomic E-state index is 0.00163. The third-order valence-electron chi connectivity index (χ3n) is 2.88. The van der Waals surface area contributed by atoms with Crippen molar-refractivity contribution in [2.45, 2.75) is 19.1 Å². The van der Waals surface area contributed by atoms with Gasteiger partial charge in [0.2, 0.25) is 5.82 Å². The first-order valence-corrected chi connectivity index (χ1v) is 6.14. The molecule has 2 N–H and O–H groups in total. The number of hydrogen-bond acceptors (Lipinski definition) is 5. The molecule has 2 rings (SSSR count). The molecule has 6 nitrogen and oxygen atoms in total. The quantitative estimate of drug-likeness (QED) is 0.902. The van der Waals surface area contributed by atoms with Crippen LogP contribution in [-0.4, -0.2) is 34.2 Å². The number of anilines is 1. The van der Waals surface area contributed by atoms with Crippen molar-refractivity contribution in [3.05, 3.63) is 24.0 Å². The van der Waals surface area contributed by atoms with E-state index >= 15 is 0 Å². The van der Waals surface area contributed by atoms with E-state index in [0.29, 0.717) is 5.75 Å². The third-order valence-corrected chi connectivity index (χ3v) is 2.88. The lowest BCUT2D eigenvalue weighted by Gasteiger charge is -2.15. The normalized spacial score (nSPS) is 13.0. The topological polar surface area (TPSA) is 84.3 Å². The molecule has 0 saturated heterocycles. The van der Waals surface area contributed by atoms with E-state index in [1.807, 2.05) is 0 Å². The van der Waals surface area contributed by atoms with Crippen LogP contribution < -0.4 is 10.1 Å². The van der Waals surface area contributed by atoms with Crippen LogP contribution in [0.3, 0.4) is 0 Å². The predicted octanol–water partition coefficient (Wildman–Crippen LogP) is 2.54. The van der Waals surface area contributed by atoms with Gasteiger partial charge in [0.1, 0.15) is 17.6 Å². The van der Waals surface area contributed by atoms with E-state index in [2.05, 4.69) is 15.3 Å². The lowest BCUT2D eigenvalue weighted by atomic mass is 10.2. The number of alkyl halides is 3. The summed E-state index contributed by atoms with van der Waals surface area (Å²) in [5.74, 6) is -2.44. The first-order valence-electron chi connectivity index (χ1n) is 6.14. The van der Waals surface area contributed by atoms with E-state index in [0.717, 1.165) is 0 Å². The molecule has 0 aliphatic rings. The van der Waals surface area contributed by atoms with Crippen LogP contribution in [0.2, 0.25) is 0 Å². The maximum Gasteiger partial charge on any atom is 0.451 e. The SMILES string of the molecule is COc1ccc2c(NC(C)C(=O)O)nc(C(F)(F)F)nc2c1. The Morgan fingerprint density at radius 3 is 2.59 bits per heavy atom. The van der Waals surface area contributed by atoms with Gasteiger partial charge in [-0.3, -0.25) is 4.79 Å². The monoisotopic (exact) mass is 315 g/mol. The molecule has 0 bridgehead atoms. The number of aromatic nitrogens is 2. The maximum absolute atomic E-state index is 12.9. The number of benzene rings is 1. The van der Waals surface area contributed by atoms with Gasteiger partial charge >= 0.3 is 12.1 Å². The standard InChI is InChI=1S/C13H12F3N3O3/c1-6(11(20)21)17-10-8-4-3-7(22-2)5-9(8)18-12(19-10)13(14,15)16/h3-6H,1-2H3,(H,20,21)(H,17,18,19). The zero-order valence-corrected chi connectivity index (χ0v) is 11.6. The van der Waals surface area contributed by atoms with Crippen molar-refractivity contribution in [3.63, 3.8) is 0 Å². The molecule has 1 aromatic heterocycles. The Morgan fingerprint density at radius 1 is 1.36 bits per heavy atom. The molecule has 22 heavy (non-hydrogen) atoms. The second kappa shape index (κ2) is 5.66. The Hall–Kier alpha value is -2.58. The average molecular weight is 315 g/mol. The van der Waals surface area contributed by atoms with Crippen LogP contribution >= 0.6 is 0 Å². The lowest BCUT2D eigenvalue weighted by Crippen LogP contribution is -2.26. The van der Waals surface area contributed by atoms with Crippen LogP contribution in [0.5, 0.6) is 5.75 Å². The summed E-state index contributed by atoms with van der Waals surface area (Å²) in [5.41, 5.74) is 0.00163. The van der Waals surface area contributed by atoms with Gasteiger partial charge in [0.15, 0.2) is 0 Å². The minimum Gasteiger partial charge on any atom is -0.497 e. The summed E-state index contributed by atoms with van der Waals surface area (Å²) >= 11 is 0. The summed E-state index contributed by atoms with van der Waals surface area (Å²) in [4.78, 5) is 17.7. The van der Waals surface area contributed by atoms with Crippen molar-refractivity contribution in [1.82, 2.24) is 9.97 Å². The van der Waals surface area contributed by atoms with Crippen molar-refractivity contribution in [1.29, 1.82) is 0 Å². The molecule has 1 heterocycles. The van der Waals surface area contributed by atoms with Gasteiger partial charge in [-0.2, -0.15) is 13.2 Å². The number of carbonyl (C=O) groups is 1. The highest BCUT2D eigenvalue weighted by atomic mass is 19.4. The van der Waals surface area contributed by atoms with Gasteiger partial charge in [-0.05, 0) is 19.1 Å². The fraction of sp³-hybridized carbons (Fsp3) is 0.308. The Balaban J connectivity index is 2.63. The average Bonchev–Trinajstić information content (AvgIpc) is 2.45. The summed E-state index contributed by atoms with van der Waals surface area (Å²) in [6, 6.07) is 3.20. The molecule has 9 heteroatoms. The second-order valence-corrected chi connectivity index (χ2v) is 4.48. The summed E-state index contributed by atoms with van der Waals surface area (Å²) in [6.07, 6.45) is -4.75. The highest BCUT2D eigenvalue weighted by Crippen LogP contribution is 2.31. The molecule has 1 unspecified atom stereocenters. The van der Waals surface area contributed by atoms with Crippen LogP contribution in [0.25, 0.3) is 10.9 Å². The smallest absolute Gasteiger partial charge is 0.451 e. The zero-order chi connectivity index (χ0) is 16.5. The Labute approximate surface area is 122 Å². The van der Waals surface area contributed by atoms with Crippen molar-refractivity contribution in [2.24, 2.45) is 0 Å². The van der Waals surface area contributed by atoms with E-state index in [4.69, 9.17) is 9.84 Å². The number of methoxy groups -OCH3 is 1. The van der Waals surface area contributed by atoms with Gasteiger partial charge in [-0.1, -0.05) is 0 Å². The summed E-state index contributed by atoms with van der Waals surface area (Å²) in [5, 5.41) is 11.6. The minimum atomic E-state index is -4.75. The van der Waals surface area contributed by atoms with Crippen molar-refractivity contribution < 1.29 is 27.8 Å². The molecule has 1 aromatic carbocycles. The fourth-order valence-electron chi connectivity index (χ4n) is 1.74. The van der Waals surface area contributed by atoms with Crippen LogP contribution in [0.15, 0.2) is 18.2 Å². The van der Waals surface area contributed by atoms with E-state index in [-0.39, 0.29) is 16.7 Å². The van der Waals surface area contributed by atoms with Crippen LogP contribution in [-0.2, 0) is 11.0 Å². The van der Waals surface area contributed by atoms with E-state index in [9.17, 15) is 18.0 Å². The molecule has 0 spiro atoms. The fourth-order valence-corrected chi connectivity index (χ4v) is 1.74. The molecular formula is C13H12F3N3O3. The number of ether oxygens (including phenoxy) is 1. The van der Waals surface area contributed by atoms with Gasteiger partial charge in [-0.15, -0.1) is 0 Å². The van der Waals surface area contributed by atoms with Crippen molar-refractivity contribution in [2.75, 3.05) is 12.4 Å². The molecule has 0 saturated carbocycles. The number of halogens is 3. The van der Waals surface area contributed by atoms with Gasteiger partial charge in [0.25, 0.3) is 0 Å². The lowest BCUT2D eigenvalue weighted by molar-refractivity contribution is -0.144. The molecule has 0 aliphatic heterocycles. The van der Waals surface area contributed by atoms with E-state index in [1.165, 1.54) is 32.2 Å². The first-order chi connectivity index (χ1) is 10.2. The van der Waals surface area contributed by atoms with E-state index in [1.54, 1.807) is 0 Å². The number of nitrogens with one attached hydrogen (secondary N) is 1. The molecule has 1 atom stereocenters. The number of carboxylic acids is 1. The molecule has 0 radical (unpaired) electrons. The van der Waals surface area contributed by atoms with Crippen LogP contribution in [0.4, 0.5) is 19.0 Å². The molecular weight excluding hydrogens is 303 g/mol. The predicted molar refractivity (Wildman–Crippen MR) is 71.8 cm³/mol. The number of rotatable bonds is 4. The van der Waals surface area contributed by atoms with Crippen molar-refractivity contribution >= 4 is 22.7 Å². The highest BCUT2D eigenvalue weighted by molar-refractivity contribution is 5.91. The largest absolute Gasteiger partial charge is 0.497 e. The summed E-state index contributed by atoms with van der Waals surface area (Å²) in [7, 11) is 1.37. The molecule has 0 fully saturated rings. The molecule has 118 valence electrons. The van der Waals surface area contributed by atoms with Gasteiger partial charge in [-0.25, -0.2) is 9.97 Å². The van der Waals surface area contributed by atoms with Gasteiger partial charge in [0.05, 0.1) is 12.6 Å². The molecule has 0 amide bonds. The number of hydrogen-bond donors (Lipinski definition) is 2. The number of fused-ring (bicyclic) bond motifs is 1. The number of aliphatic carboxylic acids is 1. The van der Waals surface area contributed by atoms with Gasteiger partial charge < -0.3 is 15.2 Å². The molecule has 0 aliphatic carbocycles. The Morgan fingerprint density at radius 2 is 2.05 bits per heavy atom. The second-order valence-electron chi connectivity index (χ2n) is 4.48. The Bertz CT molecular complexity index is 719. The Kier molecular flexibility index (Phi) is 4.07. The zero-order valence-electron chi connectivity index (χ0n) is 11.6. The summed E-state index contributed by atoms with van der Waals surface area (Å²) in [6.45, 7) is 1.30. The van der Waals surface area contributed by atoms with Gasteiger partial charge in [0, 0.05) is 11.5 Å². The van der Waals surface area contributed by atoms with Crippen LogP contribution in [0.1, 0.15) is 12.7 Å². The summed E-state index contributed by atoms with van der Waals surface area (Å²) < 4.78 is 43.6. The number of nitrogens with zero attached hydrogens (tertiary/aromatic N) is 2. The first kappa shape index (κ1) is 15.8. The van der Waals surface area contributed by atoms with Crippen molar-refractivity contribution in [3.8, 4) is 5.75 Å². The van der Waals surface area contributed by atoms with Crippen LogP contribution in [0, 0.1) is 0 Å². The number of carboxylic acid groups (broad SMARTS) is 1. The van der Waals surface area contributed by atoms with E-state index < -0.39 is 24.0 Å².